The van der Waals surface area contributed by atoms with Gasteiger partial charge in [-0.15, -0.1) is 13.2 Å². The molecule has 0 radical (unpaired) electrons. The summed E-state index contributed by atoms with van der Waals surface area (Å²) in [7, 11) is 0. The van der Waals surface area contributed by atoms with Crippen molar-refractivity contribution in [2.45, 2.75) is 32.5 Å². The Morgan fingerprint density at radius 3 is 2.56 bits per heavy atom. The maximum atomic E-state index is 13.2. The average Bonchev–Trinajstić information content (AvgIpc) is 2.88. The number of benzene rings is 2. The summed E-state index contributed by atoms with van der Waals surface area (Å²) in [5, 5.41) is 0. The lowest BCUT2D eigenvalue weighted by atomic mass is 9.98. The topological polar surface area (TPSA) is 37.9 Å². The van der Waals surface area contributed by atoms with Crippen molar-refractivity contribution in [2.75, 3.05) is 0 Å². The molecule has 0 aliphatic rings. The highest BCUT2D eigenvalue weighted by atomic mass is 19.4. The fraction of sp³-hybridized carbons (Fsp3) is 0.278. The predicted molar refractivity (Wildman–Crippen MR) is 86.1 cm³/mol. The Kier molecular flexibility index (Phi) is 4.41. The second-order valence-electron chi connectivity index (χ2n) is 6.10. The number of imidazole rings is 1. The van der Waals surface area contributed by atoms with Crippen molar-refractivity contribution in [1.82, 2.24) is 9.97 Å². The molecule has 0 saturated carbocycles. The third kappa shape index (κ3) is 4.10. The molecule has 0 amide bonds. The maximum absolute atomic E-state index is 13.2. The van der Waals surface area contributed by atoms with Crippen molar-refractivity contribution in [3.8, 4) is 5.75 Å². The van der Waals surface area contributed by atoms with Crippen LogP contribution < -0.4 is 4.74 Å². The van der Waals surface area contributed by atoms with Gasteiger partial charge in [-0.1, -0.05) is 26.0 Å². The summed E-state index contributed by atoms with van der Waals surface area (Å²) in [6.07, 6.45) is -4.34. The quantitative estimate of drug-likeness (QED) is 0.646. The summed E-state index contributed by atoms with van der Waals surface area (Å²) >= 11 is 0. The van der Waals surface area contributed by atoms with Gasteiger partial charge in [-0.3, -0.25) is 0 Å². The zero-order chi connectivity index (χ0) is 18.2. The second kappa shape index (κ2) is 6.38. The van der Waals surface area contributed by atoms with Crippen molar-refractivity contribution in [3.05, 3.63) is 59.2 Å². The molecule has 3 rings (SSSR count). The van der Waals surface area contributed by atoms with E-state index in [1.807, 2.05) is 0 Å². The highest BCUT2D eigenvalue weighted by molar-refractivity contribution is 5.75. The molecule has 0 bridgehead atoms. The van der Waals surface area contributed by atoms with Gasteiger partial charge in [-0.2, -0.15) is 0 Å². The summed E-state index contributed by atoms with van der Waals surface area (Å²) < 4.78 is 54.9. The molecule has 7 heteroatoms. The van der Waals surface area contributed by atoms with Gasteiger partial charge in [0, 0.05) is 6.42 Å². The molecular formula is C18H16F4N2O. The summed E-state index contributed by atoms with van der Waals surface area (Å²) in [4.78, 5) is 7.40. The van der Waals surface area contributed by atoms with Crippen LogP contribution in [0.1, 0.15) is 36.7 Å². The molecule has 1 heterocycles. The molecule has 0 aliphatic carbocycles. The van der Waals surface area contributed by atoms with E-state index < -0.39 is 6.36 Å². The summed E-state index contributed by atoms with van der Waals surface area (Å²) in [5.74, 6) is -0.0850. The molecule has 0 fully saturated rings. The van der Waals surface area contributed by atoms with Crippen LogP contribution in [-0.2, 0) is 6.42 Å². The van der Waals surface area contributed by atoms with E-state index in [-0.39, 0.29) is 17.5 Å². The molecule has 0 atom stereocenters. The average molecular weight is 352 g/mol. The highest BCUT2D eigenvalue weighted by Crippen LogP contribution is 2.32. The molecule has 1 N–H and O–H groups in total. The zero-order valence-corrected chi connectivity index (χ0v) is 13.6. The fourth-order valence-corrected chi connectivity index (χ4v) is 2.69. The van der Waals surface area contributed by atoms with Gasteiger partial charge in [0.25, 0.3) is 0 Å². The summed E-state index contributed by atoms with van der Waals surface area (Å²) in [6.45, 7) is 3.60. The molecule has 1 aromatic heterocycles. The number of alkyl halides is 3. The largest absolute Gasteiger partial charge is 0.573 e. The minimum absolute atomic E-state index is 0.137. The van der Waals surface area contributed by atoms with Crippen LogP contribution in [0.5, 0.6) is 5.75 Å². The second-order valence-corrected chi connectivity index (χ2v) is 6.10. The van der Waals surface area contributed by atoms with E-state index in [9.17, 15) is 17.6 Å². The third-order valence-electron chi connectivity index (χ3n) is 3.79. The Morgan fingerprint density at radius 2 is 1.88 bits per heavy atom. The van der Waals surface area contributed by atoms with Gasteiger partial charge in [0.2, 0.25) is 0 Å². The lowest BCUT2D eigenvalue weighted by Gasteiger charge is -2.16. The van der Waals surface area contributed by atoms with Crippen LogP contribution in [0, 0.1) is 5.82 Å². The Morgan fingerprint density at radius 1 is 1.12 bits per heavy atom. The number of halogens is 4. The van der Waals surface area contributed by atoms with E-state index in [1.54, 1.807) is 32.0 Å². The Balaban J connectivity index is 1.90. The maximum Gasteiger partial charge on any atom is 0.573 e. The number of ether oxygens (including phenoxy) is 1. The van der Waals surface area contributed by atoms with Gasteiger partial charge in [0.05, 0.1) is 11.0 Å². The van der Waals surface area contributed by atoms with E-state index in [4.69, 9.17) is 0 Å². The zero-order valence-electron chi connectivity index (χ0n) is 13.6. The smallest absolute Gasteiger partial charge is 0.405 e. The minimum Gasteiger partial charge on any atom is -0.405 e. The van der Waals surface area contributed by atoms with E-state index in [0.29, 0.717) is 28.8 Å². The number of rotatable bonds is 4. The highest BCUT2D eigenvalue weighted by Gasteiger charge is 2.32. The number of fused-ring (bicyclic) bond motifs is 1. The van der Waals surface area contributed by atoms with Crippen LogP contribution in [0.3, 0.4) is 0 Å². The van der Waals surface area contributed by atoms with Crippen LogP contribution >= 0.6 is 0 Å². The number of aromatic nitrogens is 2. The molecule has 0 aliphatic heterocycles. The van der Waals surface area contributed by atoms with E-state index in [0.717, 1.165) is 5.56 Å². The predicted octanol–water partition coefficient (Wildman–Crippen LogP) is 5.31. The number of hydrogen-bond acceptors (Lipinski definition) is 2. The van der Waals surface area contributed by atoms with E-state index in [1.165, 1.54) is 18.2 Å². The number of hydrogen-bond donors (Lipinski definition) is 1. The Hall–Kier alpha value is -2.57. The van der Waals surface area contributed by atoms with Crippen LogP contribution in [0.15, 0.2) is 36.4 Å². The van der Waals surface area contributed by atoms with Gasteiger partial charge < -0.3 is 9.72 Å². The van der Waals surface area contributed by atoms with Gasteiger partial charge in [0.1, 0.15) is 17.4 Å². The lowest BCUT2D eigenvalue weighted by molar-refractivity contribution is -0.274. The lowest BCUT2D eigenvalue weighted by Crippen LogP contribution is -2.18. The minimum atomic E-state index is -4.73. The molecular weight excluding hydrogens is 336 g/mol. The van der Waals surface area contributed by atoms with Crippen molar-refractivity contribution in [1.29, 1.82) is 0 Å². The van der Waals surface area contributed by atoms with Gasteiger partial charge >= 0.3 is 6.36 Å². The van der Waals surface area contributed by atoms with Crippen molar-refractivity contribution >= 4 is 11.0 Å². The van der Waals surface area contributed by atoms with Crippen molar-refractivity contribution in [2.24, 2.45) is 0 Å². The van der Waals surface area contributed by atoms with Crippen molar-refractivity contribution in [3.63, 3.8) is 0 Å². The molecule has 25 heavy (non-hydrogen) atoms. The first kappa shape index (κ1) is 17.3. The standard InChI is InChI=1S/C18H16F4N2O/c1-10(2)13-7-11(3-6-16(13)25-18(20,21)22)8-17-23-14-5-4-12(19)9-15(14)24-17/h3-7,9-10H,8H2,1-2H3,(H,23,24). The summed E-state index contributed by atoms with van der Waals surface area (Å²) in [6, 6.07) is 8.82. The number of aromatic amines is 1. The molecule has 3 aromatic rings. The number of nitrogens with one attached hydrogen (secondary N) is 1. The van der Waals surface area contributed by atoms with Crippen LogP contribution in [0.4, 0.5) is 17.6 Å². The molecule has 3 nitrogen and oxygen atoms in total. The Bertz CT molecular complexity index is 900. The SMILES string of the molecule is CC(C)c1cc(Cc2nc3ccc(F)cc3[nH]2)ccc1OC(F)(F)F. The van der Waals surface area contributed by atoms with Crippen LogP contribution in [0.2, 0.25) is 0 Å². The van der Waals surface area contributed by atoms with Crippen LogP contribution in [0.25, 0.3) is 11.0 Å². The monoisotopic (exact) mass is 352 g/mol. The van der Waals surface area contributed by atoms with Crippen molar-refractivity contribution < 1.29 is 22.3 Å². The molecule has 0 spiro atoms. The van der Waals surface area contributed by atoms with E-state index in [2.05, 4.69) is 14.7 Å². The molecule has 2 aromatic carbocycles. The van der Waals surface area contributed by atoms with Gasteiger partial charge in [0.15, 0.2) is 0 Å². The number of H-pyrrole nitrogens is 1. The summed E-state index contributed by atoms with van der Waals surface area (Å²) in [5.41, 5.74) is 2.48. The normalized spacial score (nSPS) is 12.1. The Labute approximate surface area is 141 Å². The van der Waals surface area contributed by atoms with E-state index >= 15 is 0 Å². The molecule has 0 unspecified atom stereocenters. The first-order valence-electron chi connectivity index (χ1n) is 7.74. The van der Waals surface area contributed by atoms with Gasteiger partial charge in [-0.25, -0.2) is 9.37 Å². The molecule has 0 saturated heterocycles. The third-order valence-corrected chi connectivity index (χ3v) is 3.79. The van der Waals surface area contributed by atoms with Crippen LogP contribution in [-0.4, -0.2) is 16.3 Å². The first-order valence-corrected chi connectivity index (χ1v) is 7.74. The van der Waals surface area contributed by atoms with Gasteiger partial charge in [-0.05, 0) is 41.3 Å². The number of nitrogens with zero attached hydrogens (tertiary/aromatic N) is 1. The fourth-order valence-electron chi connectivity index (χ4n) is 2.69. The molecule has 132 valence electrons. The first-order chi connectivity index (χ1) is 11.7.